The lowest BCUT2D eigenvalue weighted by molar-refractivity contribution is 0.404. The summed E-state index contributed by atoms with van der Waals surface area (Å²) >= 11 is 9.96. The summed E-state index contributed by atoms with van der Waals surface area (Å²) in [7, 11) is 3.63. The number of benzene rings is 2. The molecule has 2 aromatic carbocycles. The Hall–Kier alpha value is -1.03. The molecule has 1 atom stereocenters. The van der Waals surface area contributed by atoms with Crippen LogP contribution in [-0.2, 0) is 0 Å². The van der Waals surface area contributed by atoms with Gasteiger partial charge in [-0.25, -0.2) is 0 Å². The Morgan fingerprint density at radius 1 is 1.24 bits per heavy atom. The van der Waals surface area contributed by atoms with Gasteiger partial charge in [0, 0.05) is 10.0 Å². The van der Waals surface area contributed by atoms with E-state index in [1.54, 1.807) is 7.11 Å². The van der Waals surface area contributed by atoms with Gasteiger partial charge in [-0.3, -0.25) is 0 Å². The van der Waals surface area contributed by atoms with Gasteiger partial charge in [0.15, 0.2) is 0 Å². The molecule has 0 saturated heterocycles. The highest BCUT2D eigenvalue weighted by Gasteiger charge is 2.22. The van der Waals surface area contributed by atoms with Crippen LogP contribution in [0.2, 0.25) is 5.02 Å². The van der Waals surface area contributed by atoms with Gasteiger partial charge in [0.05, 0.1) is 18.2 Å². The molecular weight excluding hydrogens is 350 g/mol. The van der Waals surface area contributed by atoms with Gasteiger partial charge in [0.1, 0.15) is 5.75 Å². The molecule has 0 saturated carbocycles. The van der Waals surface area contributed by atoms with E-state index in [4.69, 9.17) is 16.3 Å². The predicted octanol–water partition coefficient (Wildman–Crippen LogP) is 5.04. The van der Waals surface area contributed by atoms with Crippen molar-refractivity contribution in [1.82, 2.24) is 5.32 Å². The Bertz CT molecular complexity index is 657. The van der Waals surface area contributed by atoms with Gasteiger partial charge in [0.2, 0.25) is 0 Å². The van der Waals surface area contributed by atoms with Crippen molar-refractivity contribution in [3.63, 3.8) is 0 Å². The molecule has 0 fully saturated rings. The molecule has 0 amide bonds. The van der Waals surface area contributed by atoms with Gasteiger partial charge >= 0.3 is 0 Å². The van der Waals surface area contributed by atoms with E-state index in [-0.39, 0.29) is 6.04 Å². The van der Waals surface area contributed by atoms with Crippen molar-refractivity contribution in [3.05, 3.63) is 62.1 Å². The molecule has 1 unspecified atom stereocenters. The fraction of sp³-hybridized carbons (Fsp3) is 0.294. The van der Waals surface area contributed by atoms with E-state index in [1.165, 1.54) is 11.1 Å². The molecule has 0 aliphatic rings. The average molecular weight is 369 g/mol. The first kappa shape index (κ1) is 16.3. The van der Waals surface area contributed by atoms with Crippen LogP contribution in [0.3, 0.4) is 0 Å². The average Bonchev–Trinajstić information content (AvgIpc) is 2.45. The highest BCUT2D eigenvalue weighted by molar-refractivity contribution is 9.10. The van der Waals surface area contributed by atoms with Crippen LogP contribution in [0.1, 0.15) is 28.3 Å². The number of methoxy groups -OCH3 is 1. The van der Waals surface area contributed by atoms with Crippen LogP contribution in [0, 0.1) is 13.8 Å². The van der Waals surface area contributed by atoms with Crippen LogP contribution in [0.5, 0.6) is 5.75 Å². The van der Waals surface area contributed by atoms with Crippen molar-refractivity contribution in [1.29, 1.82) is 0 Å². The lowest BCUT2D eigenvalue weighted by Crippen LogP contribution is -2.20. The van der Waals surface area contributed by atoms with Crippen molar-refractivity contribution in [3.8, 4) is 5.75 Å². The van der Waals surface area contributed by atoms with E-state index in [2.05, 4.69) is 47.2 Å². The molecule has 1 N–H and O–H groups in total. The minimum Gasteiger partial charge on any atom is -0.496 e. The second kappa shape index (κ2) is 6.82. The summed E-state index contributed by atoms with van der Waals surface area (Å²) in [6, 6.07) is 10.2. The van der Waals surface area contributed by atoms with Crippen molar-refractivity contribution >= 4 is 27.5 Å². The third-order valence-corrected chi connectivity index (χ3v) is 4.89. The monoisotopic (exact) mass is 367 g/mol. The Morgan fingerprint density at radius 3 is 2.57 bits per heavy atom. The highest BCUT2D eigenvalue weighted by atomic mass is 79.9. The second-order valence-electron chi connectivity index (χ2n) is 5.06. The van der Waals surface area contributed by atoms with E-state index in [0.717, 1.165) is 26.4 Å². The molecule has 0 bridgehead atoms. The number of aryl methyl sites for hydroxylation is 2. The van der Waals surface area contributed by atoms with Gasteiger partial charge in [-0.05, 0) is 65.6 Å². The Kier molecular flexibility index (Phi) is 5.31. The summed E-state index contributed by atoms with van der Waals surface area (Å²) in [5.74, 6) is 0.878. The van der Waals surface area contributed by atoms with Crippen LogP contribution in [-0.4, -0.2) is 14.2 Å². The summed E-state index contributed by atoms with van der Waals surface area (Å²) in [6.45, 7) is 4.17. The first-order chi connectivity index (χ1) is 9.99. The summed E-state index contributed by atoms with van der Waals surface area (Å²) in [5, 5.41) is 4.07. The second-order valence-corrected chi connectivity index (χ2v) is 6.29. The Labute approximate surface area is 139 Å². The smallest absolute Gasteiger partial charge is 0.124 e. The number of hydrogen-bond acceptors (Lipinski definition) is 2. The van der Waals surface area contributed by atoms with Gasteiger partial charge in [-0.15, -0.1) is 0 Å². The molecule has 112 valence electrons. The summed E-state index contributed by atoms with van der Waals surface area (Å²) in [6.07, 6.45) is 0. The quantitative estimate of drug-likeness (QED) is 0.816. The number of hydrogen-bond donors (Lipinski definition) is 1. The maximum atomic E-state index is 6.47. The molecule has 4 heteroatoms. The molecule has 2 aromatic rings. The van der Waals surface area contributed by atoms with E-state index in [0.29, 0.717) is 0 Å². The lowest BCUT2D eigenvalue weighted by atomic mass is 9.93. The van der Waals surface area contributed by atoms with Crippen molar-refractivity contribution in [2.45, 2.75) is 19.9 Å². The molecule has 0 heterocycles. The van der Waals surface area contributed by atoms with E-state index < -0.39 is 0 Å². The van der Waals surface area contributed by atoms with Crippen LogP contribution in [0.15, 0.2) is 34.8 Å². The molecule has 0 aliphatic carbocycles. The maximum absolute atomic E-state index is 6.47. The molecule has 0 spiro atoms. The van der Waals surface area contributed by atoms with Crippen molar-refractivity contribution in [2.75, 3.05) is 14.2 Å². The number of ether oxygens (including phenoxy) is 1. The molecule has 0 aromatic heterocycles. The van der Waals surface area contributed by atoms with Crippen LogP contribution in [0.4, 0.5) is 0 Å². The third kappa shape index (κ3) is 3.25. The van der Waals surface area contributed by atoms with Crippen molar-refractivity contribution < 1.29 is 4.74 Å². The molecule has 2 nitrogen and oxygen atoms in total. The van der Waals surface area contributed by atoms with Gasteiger partial charge in [0.25, 0.3) is 0 Å². The molecule has 2 rings (SSSR count). The number of halogens is 2. The van der Waals surface area contributed by atoms with Crippen molar-refractivity contribution in [2.24, 2.45) is 0 Å². The van der Waals surface area contributed by atoms with Crippen LogP contribution >= 0.6 is 27.5 Å². The minimum atomic E-state index is -0.0226. The van der Waals surface area contributed by atoms with Crippen LogP contribution in [0.25, 0.3) is 0 Å². The topological polar surface area (TPSA) is 21.3 Å². The van der Waals surface area contributed by atoms with Gasteiger partial charge in [-0.2, -0.15) is 0 Å². The first-order valence-electron chi connectivity index (χ1n) is 6.76. The molecular formula is C17H19BrClNO. The number of rotatable bonds is 4. The zero-order valence-corrected chi connectivity index (χ0v) is 15.0. The predicted molar refractivity (Wildman–Crippen MR) is 92.5 cm³/mol. The fourth-order valence-corrected chi connectivity index (χ4v) is 3.29. The maximum Gasteiger partial charge on any atom is 0.124 e. The van der Waals surface area contributed by atoms with Gasteiger partial charge in [-0.1, -0.05) is 29.8 Å². The lowest BCUT2D eigenvalue weighted by Gasteiger charge is -2.24. The molecule has 21 heavy (non-hydrogen) atoms. The Balaban J connectivity index is 2.64. The van der Waals surface area contributed by atoms with E-state index in [1.807, 2.05) is 25.2 Å². The summed E-state index contributed by atoms with van der Waals surface area (Å²) in [5.41, 5.74) is 4.51. The van der Waals surface area contributed by atoms with E-state index in [9.17, 15) is 0 Å². The van der Waals surface area contributed by atoms with Gasteiger partial charge < -0.3 is 10.1 Å². The summed E-state index contributed by atoms with van der Waals surface area (Å²) < 4.78 is 6.48. The molecule has 0 aliphatic heterocycles. The highest BCUT2D eigenvalue weighted by Crippen LogP contribution is 2.38. The fourth-order valence-electron chi connectivity index (χ4n) is 2.68. The zero-order valence-electron chi connectivity index (χ0n) is 12.6. The van der Waals surface area contributed by atoms with E-state index >= 15 is 0 Å². The molecule has 0 radical (unpaired) electrons. The zero-order chi connectivity index (χ0) is 15.6. The first-order valence-corrected chi connectivity index (χ1v) is 7.93. The minimum absolute atomic E-state index is 0.0226. The largest absolute Gasteiger partial charge is 0.496 e. The SMILES string of the molecule is CNC(c1cccc(Br)c1Cl)c1c(C)cc(C)cc1OC. The van der Waals surface area contributed by atoms with Crippen LogP contribution < -0.4 is 10.1 Å². The summed E-state index contributed by atoms with van der Waals surface area (Å²) in [4.78, 5) is 0. The standard InChI is InChI=1S/C17H19BrClNO/c1-10-8-11(2)15(14(9-10)21-4)17(20-3)12-6-5-7-13(18)16(12)19/h5-9,17,20H,1-4H3. The third-order valence-electron chi connectivity index (χ3n) is 3.58. The number of nitrogens with one attached hydrogen (secondary N) is 1. The normalized spacial score (nSPS) is 12.3. The Morgan fingerprint density at radius 2 is 1.95 bits per heavy atom.